The third kappa shape index (κ3) is 3.16. The summed E-state index contributed by atoms with van der Waals surface area (Å²) in [5, 5.41) is 8.33. The molecule has 9 heteroatoms. The molecule has 0 aromatic carbocycles. The van der Waals surface area contributed by atoms with Crippen LogP contribution in [0.5, 0.6) is 0 Å². The maximum Gasteiger partial charge on any atom is 0.257 e. The number of nitrogens with zero attached hydrogens (tertiary/aromatic N) is 5. The fourth-order valence-electron chi connectivity index (χ4n) is 3.11. The summed E-state index contributed by atoms with van der Waals surface area (Å²) in [4.78, 5) is 19.0. The van der Waals surface area contributed by atoms with E-state index >= 15 is 0 Å². The van der Waals surface area contributed by atoms with Crippen LogP contribution < -0.4 is 0 Å². The first-order valence-corrected chi connectivity index (χ1v) is 8.50. The predicted octanol–water partition coefficient (Wildman–Crippen LogP) is 1.35. The summed E-state index contributed by atoms with van der Waals surface area (Å²) in [7, 11) is 1.56. The summed E-state index contributed by atoms with van der Waals surface area (Å²) in [6, 6.07) is 0.0542. The van der Waals surface area contributed by atoms with Gasteiger partial charge in [-0.25, -0.2) is 0 Å². The van der Waals surface area contributed by atoms with Crippen molar-refractivity contribution in [2.75, 3.05) is 26.9 Å². The third-order valence-corrected chi connectivity index (χ3v) is 4.74. The van der Waals surface area contributed by atoms with Crippen molar-refractivity contribution in [3.63, 3.8) is 0 Å². The van der Waals surface area contributed by atoms with E-state index in [9.17, 15) is 4.79 Å². The first-order chi connectivity index (χ1) is 12.3. The highest BCUT2D eigenvalue weighted by atomic mass is 16.5. The maximum absolute atomic E-state index is 13.0. The number of ether oxygens (including phenoxy) is 2. The van der Waals surface area contributed by atoms with Gasteiger partial charge in [0.25, 0.3) is 11.8 Å². The van der Waals surface area contributed by atoms with E-state index in [1.165, 1.54) is 6.42 Å². The molecule has 1 aliphatic heterocycles. The molecular formula is C16H21N5O4. The molecule has 1 amide bonds. The van der Waals surface area contributed by atoms with Crippen LogP contribution in [0.2, 0.25) is 0 Å². The Kier molecular flexibility index (Phi) is 4.50. The highest BCUT2D eigenvalue weighted by Crippen LogP contribution is 2.31. The van der Waals surface area contributed by atoms with Crippen molar-refractivity contribution in [1.29, 1.82) is 0 Å². The number of morpholine rings is 1. The molecule has 1 aliphatic carbocycles. The number of amides is 1. The quantitative estimate of drug-likeness (QED) is 0.805. The second-order valence-electron chi connectivity index (χ2n) is 6.36. The Balaban J connectivity index is 1.53. The Morgan fingerprint density at radius 3 is 3.08 bits per heavy atom. The summed E-state index contributed by atoms with van der Waals surface area (Å²) in [5.74, 6) is 0.733. The topological polar surface area (TPSA) is 95.5 Å². The van der Waals surface area contributed by atoms with Crippen molar-refractivity contribution in [3.8, 4) is 0 Å². The number of carbonyl (C=O) groups excluding carboxylic acids is 1. The number of rotatable bonds is 5. The normalized spacial score (nSPS) is 21.3. The summed E-state index contributed by atoms with van der Waals surface area (Å²) in [6.07, 6.45) is 6.95. The first-order valence-electron chi connectivity index (χ1n) is 8.50. The number of carbonyl (C=O) groups is 1. The molecule has 0 spiro atoms. The van der Waals surface area contributed by atoms with Crippen LogP contribution in [0.25, 0.3) is 0 Å². The van der Waals surface area contributed by atoms with Gasteiger partial charge < -0.3 is 18.9 Å². The zero-order chi connectivity index (χ0) is 17.2. The average molecular weight is 347 g/mol. The SMILES string of the molecule is COCc1nc(C2COCCN2C(=O)c2cnn(C3CCC3)c2)no1. The van der Waals surface area contributed by atoms with Crippen LogP contribution in [0, 0.1) is 0 Å². The van der Waals surface area contributed by atoms with E-state index in [0.717, 1.165) is 12.8 Å². The maximum atomic E-state index is 13.0. The lowest BCUT2D eigenvalue weighted by atomic mass is 9.93. The molecular weight excluding hydrogens is 326 g/mol. The van der Waals surface area contributed by atoms with Gasteiger partial charge in [0.1, 0.15) is 12.6 Å². The second kappa shape index (κ2) is 6.93. The minimum atomic E-state index is -0.373. The highest BCUT2D eigenvalue weighted by molar-refractivity contribution is 5.94. The van der Waals surface area contributed by atoms with E-state index in [2.05, 4.69) is 15.2 Å². The average Bonchev–Trinajstić information content (AvgIpc) is 3.23. The highest BCUT2D eigenvalue weighted by Gasteiger charge is 2.33. The number of methoxy groups -OCH3 is 1. The van der Waals surface area contributed by atoms with Gasteiger partial charge in [0.15, 0.2) is 5.82 Å². The molecule has 2 aliphatic rings. The number of hydrogen-bond donors (Lipinski definition) is 0. The van der Waals surface area contributed by atoms with Crippen LogP contribution >= 0.6 is 0 Å². The zero-order valence-corrected chi connectivity index (χ0v) is 14.1. The second-order valence-corrected chi connectivity index (χ2v) is 6.36. The lowest BCUT2D eigenvalue weighted by Crippen LogP contribution is -2.43. The molecule has 1 atom stereocenters. The molecule has 1 saturated heterocycles. The molecule has 2 aromatic heterocycles. The molecule has 4 rings (SSSR count). The van der Waals surface area contributed by atoms with Gasteiger partial charge in [0.05, 0.1) is 31.0 Å². The minimum Gasteiger partial charge on any atom is -0.377 e. The van der Waals surface area contributed by atoms with E-state index in [1.54, 1.807) is 18.2 Å². The molecule has 3 heterocycles. The van der Waals surface area contributed by atoms with Gasteiger partial charge in [-0.15, -0.1) is 0 Å². The van der Waals surface area contributed by atoms with E-state index < -0.39 is 0 Å². The number of aromatic nitrogens is 4. The molecule has 0 radical (unpaired) electrons. The summed E-state index contributed by atoms with van der Waals surface area (Å²) in [5.41, 5.74) is 0.583. The Morgan fingerprint density at radius 2 is 2.32 bits per heavy atom. The molecule has 134 valence electrons. The Morgan fingerprint density at radius 1 is 1.44 bits per heavy atom. The van der Waals surface area contributed by atoms with Crippen LogP contribution in [-0.2, 0) is 16.1 Å². The van der Waals surface area contributed by atoms with Gasteiger partial charge in [-0.1, -0.05) is 5.16 Å². The van der Waals surface area contributed by atoms with Crippen LogP contribution in [0.3, 0.4) is 0 Å². The van der Waals surface area contributed by atoms with Crippen molar-refractivity contribution < 1.29 is 18.8 Å². The van der Waals surface area contributed by atoms with Crippen molar-refractivity contribution in [3.05, 3.63) is 29.7 Å². The molecule has 0 bridgehead atoms. The molecule has 0 N–H and O–H groups in total. The van der Waals surface area contributed by atoms with Crippen LogP contribution in [0.4, 0.5) is 0 Å². The monoisotopic (exact) mass is 347 g/mol. The van der Waals surface area contributed by atoms with Gasteiger partial charge in [-0.05, 0) is 19.3 Å². The van der Waals surface area contributed by atoms with Gasteiger partial charge in [0, 0.05) is 19.9 Å². The third-order valence-electron chi connectivity index (χ3n) is 4.74. The van der Waals surface area contributed by atoms with Gasteiger partial charge in [0.2, 0.25) is 0 Å². The van der Waals surface area contributed by atoms with Gasteiger partial charge in [-0.3, -0.25) is 9.48 Å². The van der Waals surface area contributed by atoms with Crippen molar-refractivity contribution in [2.24, 2.45) is 0 Å². The Hall–Kier alpha value is -2.26. The Labute approximate surface area is 144 Å². The van der Waals surface area contributed by atoms with Crippen molar-refractivity contribution in [1.82, 2.24) is 24.8 Å². The first kappa shape index (κ1) is 16.2. The fourth-order valence-corrected chi connectivity index (χ4v) is 3.11. The molecule has 1 unspecified atom stereocenters. The molecule has 9 nitrogen and oxygen atoms in total. The van der Waals surface area contributed by atoms with Crippen molar-refractivity contribution >= 4 is 5.91 Å². The van der Waals surface area contributed by atoms with E-state index in [4.69, 9.17) is 14.0 Å². The standard InChI is InChI=1S/C16H21N5O4/c1-23-10-14-18-15(19-25-14)13-9-24-6-5-20(13)16(22)11-7-17-21(8-11)12-3-2-4-12/h7-8,12-13H,2-6,9-10H2,1H3. The fraction of sp³-hybridized carbons (Fsp3) is 0.625. The smallest absolute Gasteiger partial charge is 0.257 e. The number of hydrogen-bond acceptors (Lipinski definition) is 7. The van der Waals surface area contributed by atoms with Gasteiger partial charge in [-0.2, -0.15) is 10.1 Å². The molecule has 1 saturated carbocycles. The Bertz CT molecular complexity index is 738. The predicted molar refractivity (Wildman–Crippen MR) is 84.7 cm³/mol. The minimum absolute atomic E-state index is 0.0861. The molecule has 2 aromatic rings. The van der Waals surface area contributed by atoms with Gasteiger partial charge >= 0.3 is 0 Å². The summed E-state index contributed by atoms with van der Waals surface area (Å²) < 4.78 is 17.6. The van der Waals surface area contributed by atoms with Crippen LogP contribution in [-0.4, -0.2) is 57.6 Å². The lowest BCUT2D eigenvalue weighted by molar-refractivity contribution is -0.00578. The van der Waals surface area contributed by atoms with Crippen LogP contribution in [0.1, 0.15) is 53.4 Å². The van der Waals surface area contributed by atoms with Crippen molar-refractivity contribution in [2.45, 2.75) is 38.0 Å². The summed E-state index contributed by atoms with van der Waals surface area (Å²) in [6.45, 7) is 1.55. The van der Waals surface area contributed by atoms with Crippen LogP contribution in [0.15, 0.2) is 16.9 Å². The lowest BCUT2D eigenvalue weighted by Gasteiger charge is -2.33. The van der Waals surface area contributed by atoms with E-state index in [0.29, 0.717) is 43.1 Å². The molecule has 2 fully saturated rings. The van der Waals surface area contributed by atoms with E-state index in [1.807, 2.05) is 10.9 Å². The largest absolute Gasteiger partial charge is 0.377 e. The summed E-state index contributed by atoms with van der Waals surface area (Å²) >= 11 is 0. The molecule has 25 heavy (non-hydrogen) atoms. The zero-order valence-electron chi connectivity index (χ0n) is 14.1. The van der Waals surface area contributed by atoms with E-state index in [-0.39, 0.29) is 18.6 Å².